The van der Waals surface area contributed by atoms with Gasteiger partial charge in [-0.25, -0.2) is 8.42 Å². The molecule has 1 aliphatic rings. The van der Waals surface area contributed by atoms with Crippen LogP contribution < -0.4 is 0 Å². The van der Waals surface area contributed by atoms with Crippen molar-refractivity contribution in [1.82, 2.24) is 4.31 Å². The average Bonchev–Trinajstić information content (AvgIpc) is 2.47. The second kappa shape index (κ2) is 6.75. The second-order valence-corrected chi connectivity index (χ2v) is 7.85. The number of benzene rings is 1. The van der Waals surface area contributed by atoms with Crippen LogP contribution in [-0.2, 0) is 20.6 Å². The van der Waals surface area contributed by atoms with Gasteiger partial charge in [-0.15, -0.1) is 11.6 Å². The summed E-state index contributed by atoms with van der Waals surface area (Å²) in [6.45, 7) is 1.21. The van der Waals surface area contributed by atoms with E-state index in [4.69, 9.17) is 16.3 Å². The predicted molar refractivity (Wildman–Crippen MR) is 82.5 cm³/mol. The van der Waals surface area contributed by atoms with Gasteiger partial charge in [-0.3, -0.25) is 0 Å². The smallest absolute Gasteiger partial charge is 0.244 e. The number of sulfonamides is 1. The Hall–Kier alpha value is -0.140. The molecule has 2 rings (SSSR count). The molecule has 0 unspecified atom stereocenters. The lowest BCUT2D eigenvalue weighted by atomic mass is 10.1. The molecule has 0 N–H and O–H groups in total. The highest BCUT2D eigenvalue weighted by Crippen LogP contribution is 2.29. The van der Waals surface area contributed by atoms with Crippen LogP contribution in [0.1, 0.15) is 18.4 Å². The fourth-order valence-electron chi connectivity index (χ4n) is 2.23. The summed E-state index contributed by atoms with van der Waals surface area (Å²) in [5.41, 5.74) is 0.786. The van der Waals surface area contributed by atoms with Gasteiger partial charge >= 0.3 is 0 Å². The maximum absolute atomic E-state index is 12.7. The van der Waals surface area contributed by atoms with Gasteiger partial charge in [0.05, 0.1) is 4.90 Å². The van der Waals surface area contributed by atoms with Gasteiger partial charge in [-0.05, 0) is 46.5 Å². The number of ether oxygens (including phenoxy) is 1. The lowest BCUT2D eigenvalue weighted by molar-refractivity contribution is 0.0632. The number of hydrogen-bond acceptors (Lipinski definition) is 3. The zero-order valence-electron chi connectivity index (χ0n) is 11.2. The maximum Gasteiger partial charge on any atom is 0.244 e. The lowest BCUT2D eigenvalue weighted by Crippen LogP contribution is -2.40. The van der Waals surface area contributed by atoms with Crippen LogP contribution in [0.3, 0.4) is 0 Å². The van der Waals surface area contributed by atoms with Crippen LogP contribution in [0, 0.1) is 0 Å². The molecular weight excluding hydrogens is 366 g/mol. The summed E-state index contributed by atoms with van der Waals surface area (Å²) in [5.74, 6) is 0.288. The fourth-order valence-corrected chi connectivity index (χ4v) is 4.78. The van der Waals surface area contributed by atoms with E-state index in [0.29, 0.717) is 17.7 Å². The van der Waals surface area contributed by atoms with Crippen molar-refractivity contribution in [2.24, 2.45) is 0 Å². The van der Waals surface area contributed by atoms with Crippen molar-refractivity contribution in [3.8, 4) is 0 Å². The molecule has 0 aromatic heterocycles. The van der Waals surface area contributed by atoms with Crippen LogP contribution in [0.25, 0.3) is 0 Å². The van der Waals surface area contributed by atoms with Gasteiger partial charge in [-0.1, -0.05) is 6.07 Å². The van der Waals surface area contributed by atoms with Crippen LogP contribution in [-0.4, -0.2) is 39.0 Å². The Morgan fingerprint density at radius 2 is 2.05 bits per heavy atom. The van der Waals surface area contributed by atoms with E-state index in [9.17, 15) is 8.42 Å². The van der Waals surface area contributed by atoms with E-state index in [2.05, 4.69) is 15.9 Å². The first kappa shape index (κ1) is 16.2. The van der Waals surface area contributed by atoms with E-state index in [-0.39, 0.29) is 16.8 Å². The van der Waals surface area contributed by atoms with Gasteiger partial charge in [-0.2, -0.15) is 4.31 Å². The Kier molecular flexibility index (Phi) is 5.48. The first-order valence-electron chi connectivity index (χ1n) is 6.37. The minimum Gasteiger partial charge on any atom is -0.381 e. The van der Waals surface area contributed by atoms with E-state index in [0.717, 1.165) is 18.4 Å². The van der Waals surface area contributed by atoms with Gasteiger partial charge in [0.1, 0.15) is 0 Å². The highest BCUT2D eigenvalue weighted by molar-refractivity contribution is 9.10. The van der Waals surface area contributed by atoms with E-state index < -0.39 is 10.0 Å². The molecule has 7 heteroatoms. The minimum atomic E-state index is -3.53. The third-order valence-corrected chi connectivity index (χ3v) is 6.72. The van der Waals surface area contributed by atoms with E-state index in [1.807, 2.05) is 6.07 Å². The zero-order valence-corrected chi connectivity index (χ0v) is 14.3. The molecule has 1 saturated heterocycles. The van der Waals surface area contributed by atoms with Crippen LogP contribution in [0.4, 0.5) is 0 Å². The molecule has 0 radical (unpaired) electrons. The fraction of sp³-hybridized carbons (Fsp3) is 0.538. The van der Waals surface area contributed by atoms with Crippen molar-refractivity contribution >= 4 is 37.6 Å². The zero-order chi connectivity index (χ0) is 14.8. The Labute approximate surface area is 133 Å². The average molecular weight is 383 g/mol. The number of nitrogens with zero attached hydrogens (tertiary/aromatic N) is 1. The summed E-state index contributed by atoms with van der Waals surface area (Å²) in [5, 5.41) is 0. The monoisotopic (exact) mass is 381 g/mol. The number of halogens is 2. The first-order valence-corrected chi connectivity index (χ1v) is 9.13. The molecule has 4 nitrogen and oxygen atoms in total. The molecule has 0 bridgehead atoms. The summed E-state index contributed by atoms with van der Waals surface area (Å²) >= 11 is 9.10. The molecule has 0 saturated carbocycles. The number of rotatable bonds is 4. The standard InChI is InChI=1S/C13H17BrClNO3S/c1-16(11-4-6-19-7-5-11)20(17,18)13-8-10(9-15)2-3-12(13)14/h2-3,8,11H,4-7,9H2,1H3. The van der Waals surface area contributed by atoms with Gasteiger partial charge in [0.25, 0.3) is 0 Å². The maximum atomic E-state index is 12.7. The highest BCUT2D eigenvalue weighted by atomic mass is 79.9. The molecule has 0 spiro atoms. The number of hydrogen-bond donors (Lipinski definition) is 0. The van der Waals surface area contributed by atoms with Crippen molar-refractivity contribution in [3.63, 3.8) is 0 Å². The third-order valence-electron chi connectivity index (χ3n) is 3.51. The topological polar surface area (TPSA) is 46.6 Å². The van der Waals surface area contributed by atoms with Crippen molar-refractivity contribution in [1.29, 1.82) is 0 Å². The Bertz CT molecular complexity index is 573. The lowest BCUT2D eigenvalue weighted by Gasteiger charge is -2.30. The van der Waals surface area contributed by atoms with Crippen LogP contribution in [0.2, 0.25) is 0 Å². The van der Waals surface area contributed by atoms with Crippen molar-refractivity contribution in [2.75, 3.05) is 20.3 Å². The Morgan fingerprint density at radius 1 is 1.40 bits per heavy atom. The second-order valence-electron chi connectivity index (χ2n) is 4.76. The predicted octanol–water partition coefficient (Wildman–Crippen LogP) is 2.99. The molecule has 1 aromatic carbocycles. The SMILES string of the molecule is CN(C1CCOCC1)S(=O)(=O)c1cc(CCl)ccc1Br. The summed E-state index contributed by atoms with van der Waals surface area (Å²) in [7, 11) is -1.90. The Balaban J connectivity index is 2.33. The van der Waals surface area contributed by atoms with Crippen molar-refractivity contribution < 1.29 is 13.2 Å². The van der Waals surface area contributed by atoms with Crippen LogP contribution in [0.5, 0.6) is 0 Å². The van der Waals surface area contributed by atoms with Crippen molar-refractivity contribution in [3.05, 3.63) is 28.2 Å². The normalized spacial score (nSPS) is 17.6. The van der Waals surface area contributed by atoms with E-state index >= 15 is 0 Å². The minimum absolute atomic E-state index is 0.0136. The van der Waals surface area contributed by atoms with Gasteiger partial charge < -0.3 is 4.74 Å². The molecule has 20 heavy (non-hydrogen) atoms. The molecule has 0 amide bonds. The first-order chi connectivity index (χ1) is 9.46. The third kappa shape index (κ3) is 3.36. The molecule has 1 aliphatic heterocycles. The Morgan fingerprint density at radius 3 is 2.65 bits per heavy atom. The largest absolute Gasteiger partial charge is 0.381 e. The van der Waals surface area contributed by atoms with Gasteiger partial charge in [0, 0.05) is 36.7 Å². The summed E-state index contributed by atoms with van der Waals surface area (Å²) in [6, 6.07) is 5.15. The van der Waals surface area contributed by atoms with Crippen LogP contribution in [0.15, 0.2) is 27.6 Å². The quantitative estimate of drug-likeness (QED) is 0.752. The summed E-state index contributed by atoms with van der Waals surface area (Å²) in [6.07, 6.45) is 1.45. The summed E-state index contributed by atoms with van der Waals surface area (Å²) in [4.78, 5) is 0.268. The molecule has 0 atom stereocenters. The highest BCUT2D eigenvalue weighted by Gasteiger charge is 2.30. The molecule has 1 heterocycles. The van der Waals surface area contributed by atoms with Gasteiger partial charge in [0.15, 0.2) is 0 Å². The molecule has 1 fully saturated rings. The molecule has 1 aromatic rings. The molecular formula is C13H17BrClNO3S. The van der Waals surface area contributed by atoms with Crippen LogP contribution >= 0.6 is 27.5 Å². The molecule has 0 aliphatic carbocycles. The van der Waals surface area contributed by atoms with E-state index in [1.54, 1.807) is 19.2 Å². The van der Waals surface area contributed by atoms with Crippen molar-refractivity contribution in [2.45, 2.75) is 29.7 Å². The van der Waals surface area contributed by atoms with E-state index in [1.165, 1.54) is 4.31 Å². The molecule has 112 valence electrons. The number of alkyl halides is 1. The van der Waals surface area contributed by atoms with Gasteiger partial charge in [0.2, 0.25) is 10.0 Å². The summed E-state index contributed by atoms with van der Waals surface area (Å²) < 4.78 is 32.8.